The van der Waals surface area contributed by atoms with Crippen molar-refractivity contribution in [1.29, 1.82) is 0 Å². The predicted octanol–water partition coefficient (Wildman–Crippen LogP) is 3.75. The minimum Gasteiger partial charge on any atom is -0.296 e. The number of aromatic nitrogens is 4. The van der Waals surface area contributed by atoms with Gasteiger partial charge in [0.15, 0.2) is 0 Å². The quantitative estimate of drug-likeness (QED) is 0.692. The van der Waals surface area contributed by atoms with E-state index in [-0.39, 0.29) is 24.2 Å². The number of nitrogens with zero attached hydrogens (tertiary/aromatic N) is 5. The summed E-state index contributed by atoms with van der Waals surface area (Å²) in [7, 11) is 0. The number of benzene rings is 1. The van der Waals surface area contributed by atoms with Crippen LogP contribution in [-0.4, -0.2) is 32.0 Å². The summed E-state index contributed by atoms with van der Waals surface area (Å²) in [4.78, 5) is 14.9. The number of carbonyl (C=O) groups excluding carboxylic acids is 1. The molecule has 0 atom stereocenters. The van der Waals surface area contributed by atoms with Crippen molar-refractivity contribution in [3.05, 3.63) is 53.6 Å². The second kappa shape index (κ2) is 7.22. The Hall–Kier alpha value is -2.96. The number of aryl methyl sites for hydroxylation is 2. The molecule has 0 saturated heterocycles. The summed E-state index contributed by atoms with van der Waals surface area (Å²) >= 11 is 0. The van der Waals surface area contributed by atoms with E-state index in [4.69, 9.17) is 0 Å². The number of hydrogen-bond acceptors (Lipinski definition) is 3. The fraction of sp³-hybridized carbons (Fsp3) is 0.381. The molecule has 0 radical (unpaired) electrons. The van der Waals surface area contributed by atoms with Crippen molar-refractivity contribution in [2.75, 3.05) is 11.4 Å². The molecule has 0 bridgehead atoms. The van der Waals surface area contributed by atoms with Crippen molar-refractivity contribution in [1.82, 2.24) is 19.6 Å². The number of fused-ring (bicyclic) bond motifs is 1. The SMILES string of the molecule is Cc1nn2c(c1-c1ccnn1C(C)C)N(C(=O)Cc1cccc(F)c1)CCC2. The molecule has 2 aromatic heterocycles. The molecule has 0 aliphatic carbocycles. The second-order valence-electron chi connectivity index (χ2n) is 7.47. The molecule has 1 aromatic carbocycles. The van der Waals surface area contributed by atoms with E-state index in [0.717, 1.165) is 35.7 Å². The van der Waals surface area contributed by atoms with Crippen LogP contribution in [0.25, 0.3) is 11.3 Å². The van der Waals surface area contributed by atoms with E-state index in [9.17, 15) is 9.18 Å². The van der Waals surface area contributed by atoms with E-state index < -0.39 is 0 Å². The highest BCUT2D eigenvalue weighted by Crippen LogP contribution is 2.37. The zero-order chi connectivity index (χ0) is 19.8. The zero-order valence-electron chi connectivity index (χ0n) is 16.4. The van der Waals surface area contributed by atoms with Gasteiger partial charge in [-0.1, -0.05) is 12.1 Å². The monoisotopic (exact) mass is 381 g/mol. The molecule has 0 spiro atoms. The molecular formula is C21H24FN5O. The van der Waals surface area contributed by atoms with Crippen LogP contribution in [0.2, 0.25) is 0 Å². The summed E-state index contributed by atoms with van der Waals surface area (Å²) < 4.78 is 17.4. The highest BCUT2D eigenvalue weighted by Gasteiger charge is 2.30. The van der Waals surface area contributed by atoms with Crippen molar-refractivity contribution in [2.45, 2.75) is 46.2 Å². The topological polar surface area (TPSA) is 56.0 Å². The molecule has 3 aromatic rings. The molecule has 146 valence electrons. The third-order valence-electron chi connectivity index (χ3n) is 5.07. The third-order valence-corrected chi connectivity index (χ3v) is 5.07. The first-order valence-corrected chi connectivity index (χ1v) is 9.62. The molecule has 0 fully saturated rings. The Morgan fingerprint density at radius 1 is 1.25 bits per heavy atom. The molecule has 0 unspecified atom stereocenters. The van der Waals surface area contributed by atoms with Gasteiger partial charge in [-0.25, -0.2) is 9.07 Å². The first-order chi connectivity index (χ1) is 13.5. The number of rotatable bonds is 4. The van der Waals surface area contributed by atoms with Crippen LogP contribution in [0.3, 0.4) is 0 Å². The normalized spacial score (nSPS) is 13.8. The van der Waals surface area contributed by atoms with Gasteiger partial charge in [-0.05, 0) is 51.0 Å². The van der Waals surface area contributed by atoms with E-state index in [1.807, 2.05) is 22.4 Å². The van der Waals surface area contributed by atoms with E-state index in [1.165, 1.54) is 12.1 Å². The fourth-order valence-corrected chi connectivity index (χ4v) is 3.87. The summed E-state index contributed by atoms with van der Waals surface area (Å²) in [6, 6.07) is 8.38. The summed E-state index contributed by atoms with van der Waals surface area (Å²) in [6.07, 6.45) is 2.78. The van der Waals surface area contributed by atoms with Gasteiger partial charge in [-0.2, -0.15) is 10.2 Å². The van der Waals surface area contributed by atoms with Crippen LogP contribution in [0.4, 0.5) is 10.2 Å². The summed E-state index contributed by atoms with van der Waals surface area (Å²) in [6.45, 7) is 7.52. The average molecular weight is 381 g/mol. The number of amides is 1. The molecule has 3 heterocycles. The summed E-state index contributed by atoms with van der Waals surface area (Å²) in [5.41, 5.74) is 3.45. The third kappa shape index (κ3) is 3.21. The second-order valence-corrected chi connectivity index (χ2v) is 7.47. The predicted molar refractivity (Wildman–Crippen MR) is 106 cm³/mol. The first kappa shape index (κ1) is 18.4. The highest BCUT2D eigenvalue weighted by molar-refractivity contribution is 5.98. The van der Waals surface area contributed by atoms with Crippen molar-refractivity contribution in [3.63, 3.8) is 0 Å². The minimum absolute atomic E-state index is 0.0525. The maximum atomic E-state index is 13.5. The molecule has 1 aliphatic rings. The first-order valence-electron chi connectivity index (χ1n) is 9.62. The van der Waals surface area contributed by atoms with E-state index in [1.54, 1.807) is 23.2 Å². The van der Waals surface area contributed by atoms with Crippen LogP contribution in [0.15, 0.2) is 36.5 Å². The molecule has 0 saturated carbocycles. The lowest BCUT2D eigenvalue weighted by Crippen LogP contribution is -2.39. The molecule has 28 heavy (non-hydrogen) atoms. The lowest BCUT2D eigenvalue weighted by molar-refractivity contribution is -0.118. The Bertz CT molecular complexity index is 1020. The van der Waals surface area contributed by atoms with Gasteiger partial charge in [-0.15, -0.1) is 0 Å². The average Bonchev–Trinajstić information content (AvgIpc) is 3.24. The lowest BCUT2D eigenvalue weighted by Gasteiger charge is -2.29. The van der Waals surface area contributed by atoms with E-state index in [0.29, 0.717) is 12.1 Å². The van der Waals surface area contributed by atoms with Gasteiger partial charge in [-0.3, -0.25) is 14.4 Å². The zero-order valence-corrected chi connectivity index (χ0v) is 16.4. The maximum Gasteiger partial charge on any atom is 0.232 e. The largest absolute Gasteiger partial charge is 0.296 e. The minimum atomic E-state index is -0.327. The van der Waals surface area contributed by atoms with Crippen molar-refractivity contribution in [3.8, 4) is 11.3 Å². The maximum absolute atomic E-state index is 13.5. The lowest BCUT2D eigenvalue weighted by atomic mass is 10.1. The van der Waals surface area contributed by atoms with E-state index in [2.05, 4.69) is 24.0 Å². The van der Waals surface area contributed by atoms with Gasteiger partial charge >= 0.3 is 0 Å². The Morgan fingerprint density at radius 2 is 2.07 bits per heavy atom. The van der Waals surface area contributed by atoms with Gasteiger partial charge in [0, 0.05) is 25.3 Å². The van der Waals surface area contributed by atoms with Crippen LogP contribution in [0, 0.1) is 12.7 Å². The smallest absolute Gasteiger partial charge is 0.232 e. The van der Waals surface area contributed by atoms with Crippen molar-refractivity contribution >= 4 is 11.7 Å². The Labute approximate surface area is 163 Å². The molecule has 7 heteroatoms. The van der Waals surface area contributed by atoms with Crippen molar-refractivity contribution in [2.24, 2.45) is 0 Å². The van der Waals surface area contributed by atoms with Crippen LogP contribution in [0.1, 0.15) is 37.6 Å². The number of halogens is 1. The van der Waals surface area contributed by atoms with Crippen LogP contribution in [-0.2, 0) is 17.8 Å². The van der Waals surface area contributed by atoms with Gasteiger partial charge in [0.2, 0.25) is 5.91 Å². The Balaban J connectivity index is 1.74. The molecular weight excluding hydrogens is 357 g/mol. The van der Waals surface area contributed by atoms with Crippen LogP contribution in [0.5, 0.6) is 0 Å². The van der Waals surface area contributed by atoms with Gasteiger partial charge in [0.05, 0.1) is 23.4 Å². The molecule has 0 N–H and O–H groups in total. The van der Waals surface area contributed by atoms with Crippen LogP contribution >= 0.6 is 0 Å². The Morgan fingerprint density at radius 3 is 2.82 bits per heavy atom. The fourth-order valence-electron chi connectivity index (χ4n) is 3.87. The van der Waals surface area contributed by atoms with E-state index >= 15 is 0 Å². The molecule has 1 amide bonds. The standard InChI is InChI=1S/C21H24FN5O/c1-14(2)27-18(8-9-23-27)20-15(3)24-26-11-5-10-25(21(20)26)19(28)13-16-6-4-7-17(22)12-16/h4,6-9,12,14H,5,10-11,13H2,1-3H3. The Kier molecular flexibility index (Phi) is 4.75. The number of anilines is 1. The van der Waals surface area contributed by atoms with Gasteiger partial charge < -0.3 is 0 Å². The van der Waals surface area contributed by atoms with Crippen LogP contribution < -0.4 is 4.90 Å². The highest BCUT2D eigenvalue weighted by atomic mass is 19.1. The molecule has 4 rings (SSSR count). The number of carbonyl (C=O) groups is 1. The van der Waals surface area contributed by atoms with Gasteiger partial charge in [0.1, 0.15) is 11.6 Å². The van der Waals surface area contributed by atoms with Crippen molar-refractivity contribution < 1.29 is 9.18 Å². The molecule has 6 nitrogen and oxygen atoms in total. The summed E-state index contributed by atoms with van der Waals surface area (Å²) in [5.74, 6) is 0.433. The van der Waals surface area contributed by atoms with Gasteiger partial charge in [0.25, 0.3) is 0 Å². The summed E-state index contributed by atoms with van der Waals surface area (Å²) in [5, 5.41) is 9.13. The number of hydrogen-bond donors (Lipinski definition) is 0. The molecule has 1 aliphatic heterocycles.